The molecule has 0 spiro atoms. The summed E-state index contributed by atoms with van der Waals surface area (Å²) >= 11 is 1.63. The molecule has 2 rings (SSSR count). The van der Waals surface area contributed by atoms with Gasteiger partial charge in [-0.25, -0.2) is 4.98 Å². The molecule has 1 N–H and O–H groups in total. The number of nitrogens with one attached hydrogen (secondary N) is 1. The molecule has 2 heterocycles. The maximum absolute atomic E-state index is 11.8. The summed E-state index contributed by atoms with van der Waals surface area (Å²) in [6.07, 6.45) is 4.22. The van der Waals surface area contributed by atoms with Crippen molar-refractivity contribution in [2.45, 2.75) is 26.3 Å². The van der Waals surface area contributed by atoms with Crippen molar-refractivity contribution in [1.29, 1.82) is 0 Å². The topological polar surface area (TPSA) is 59.8 Å². The van der Waals surface area contributed by atoms with E-state index in [2.05, 4.69) is 15.4 Å². The van der Waals surface area contributed by atoms with E-state index in [4.69, 9.17) is 0 Å². The van der Waals surface area contributed by atoms with Crippen LogP contribution in [0.5, 0.6) is 0 Å². The third kappa shape index (κ3) is 3.16. The second-order valence-electron chi connectivity index (χ2n) is 4.06. The Kier molecular flexibility index (Phi) is 4.09. The van der Waals surface area contributed by atoms with Crippen molar-refractivity contribution in [3.05, 3.63) is 34.5 Å². The maximum atomic E-state index is 11.8. The Morgan fingerprint density at radius 2 is 2.44 bits per heavy atom. The van der Waals surface area contributed by atoms with Crippen LogP contribution in [0.4, 0.5) is 0 Å². The lowest BCUT2D eigenvalue weighted by atomic mass is 10.3. The third-order valence-corrected chi connectivity index (χ3v) is 3.47. The molecular formula is C12H16N4OS. The van der Waals surface area contributed by atoms with Crippen LogP contribution >= 0.6 is 11.3 Å². The lowest BCUT2D eigenvalue weighted by Gasteiger charge is -2.12. The fraction of sp³-hybridized carbons (Fsp3) is 0.417. The van der Waals surface area contributed by atoms with Crippen molar-refractivity contribution in [2.75, 3.05) is 6.54 Å². The van der Waals surface area contributed by atoms with Crippen LogP contribution in [0.1, 0.15) is 23.7 Å². The molecule has 0 aliphatic carbocycles. The monoisotopic (exact) mass is 264 g/mol. The van der Waals surface area contributed by atoms with E-state index < -0.39 is 0 Å². The fourth-order valence-electron chi connectivity index (χ4n) is 1.61. The van der Waals surface area contributed by atoms with Gasteiger partial charge < -0.3 is 5.32 Å². The summed E-state index contributed by atoms with van der Waals surface area (Å²) in [5.41, 5.74) is 1.03. The Hall–Kier alpha value is -1.69. The molecular weight excluding hydrogens is 248 g/mol. The minimum Gasteiger partial charge on any atom is -0.354 e. The van der Waals surface area contributed by atoms with Crippen LogP contribution in [-0.2, 0) is 11.2 Å². The Labute approximate surface area is 110 Å². The van der Waals surface area contributed by atoms with Crippen LogP contribution in [0.25, 0.3) is 0 Å². The summed E-state index contributed by atoms with van der Waals surface area (Å²) in [6.45, 7) is 4.41. The molecule has 2 aromatic heterocycles. The second kappa shape index (κ2) is 5.77. The normalized spacial score (nSPS) is 12.3. The van der Waals surface area contributed by atoms with Crippen LogP contribution in [0, 0.1) is 6.92 Å². The number of thiazole rings is 1. The lowest BCUT2D eigenvalue weighted by molar-refractivity contribution is -0.124. The highest BCUT2D eigenvalue weighted by molar-refractivity contribution is 7.09. The molecule has 6 heteroatoms. The van der Waals surface area contributed by atoms with Gasteiger partial charge in [0.15, 0.2) is 0 Å². The van der Waals surface area contributed by atoms with Crippen LogP contribution in [0.15, 0.2) is 23.8 Å². The highest BCUT2D eigenvalue weighted by atomic mass is 32.1. The molecule has 1 atom stereocenters. The van der Waals surface area contributed by atoms with Gasteiger partial charge in [0, 0.05) is 30.7 Å². The van der Waals surface area contributed by atoms with Crippen molar-refractivity contribution in [3.8, 4) is 0 Å². The molecule has 18 heavy (non-hydrogen) atoms. The molecule has 0 aliphatic heterocycles. The molecule has 2 aromatic rings. The first-order valence-corrected chi connectivity index (χ1v) is 6.72. The van der Waals surface area contributed by atoms with Gasteiger partial charge in [-0.2, -0.15) is 5.10 Å². The summed E-state index contributed by atoms with van der Waals surface area (Å²) < 4.78 is 1.64. The van der Waals surface area contributed by atoms with E-state index >= 15 is 0 Å². The van der Waals surface area contributed by atoms with Gasteiger partial charge in [0.25, 0.3) is 0 Å². The molecule has 1 unspecified atom stereocenters. The molecule has 0 bridgehead atoms. The van der Waals surface area contributed by atoms with Gasteiger partial charge in [-0.05, 0) is 19.9 Å². The zero-order valence-electron chi connectivity index (χ0n) is 10.5. The van der Waals surface area contributed by atoms with Gasteiger partial charge in [-0.1, -0.05) is 0 Å². The summed E-state index contributed by atoms with van der Waals surface area (Å²) in [4.78, 5) is 16.2. The molecule has 0 radical (unpaired) electrons. The molecule has 0 saturated heterocycles. The first kappa shape index (κ1) is 12.8. The van der Waals surface area contributed by atoms with E-state index in [1.54, 1.807) is 28.4 Å². The number of amides is 1. The van der Waals surface area contributed by atoms with Crippen molar-refractivity contribution < 1.29 is 4.79 Å². The average Bonchev–Trinajstić information content (AvgIpc) is 2.99. The Morgan fingerprint density at radius 3 is 3.06 bits per heavy atom. The average molecular weight is 264 g/mol. The smallest absolute Gasteiger partial charge is 0.244 e. The number of hydrogen-bond acceptors (Lipinski definition) is 4. The number of aromatic nitrogens is 3. The number of carbonyl (C=O) groups is 1. The van der Waals surface area contributed by atoms with Crippen LogP contribution in [0.3, 0.4) is 0 Å². The van der Waals surface area contributed by atoms with Crippen molar-refractivity contribution in [1.82, 2.24) is 20.1 Å². The highest BCUT2D eigenvalue weighted by Gasteiger charge is 2.14. The molecule has 5 nitrogen and oxygen atoms in total. The number of aryl methyl sites for hydroxylation is 1. The van der Waals surface area contributed by atoms with Crippen molar-refractivity contribution in [3.63, 3.8) is 0 Å². The van der Waals surface area contributed by atoms with E-state index in [1.807, 2.05) is 25.3 Å². The largest absolute Gasteiger partial charge is 0.354 e. The third-order valence-electron chi connectivity index (χ3n) is 2.65. The molecule has 0 aliphatic rings. The van der Waals surface area contributed by atoms with Gasteiger partial charge in [0.2, 0.25) is 5.91 Å². The highest BCUT2D eigenvalue weighted by Crippen LogP contribution is 2.08. The maximum Gasteiger partial charge on any atom is 0.244 e. The van der Waals surface area contributed by atoms with Crippen LogP contribution in [0.2, 0.25) is 0 Å². The zero-order chi connectivity index (χ0) is 13.0. The SMILES string of the molecule is Cc1nc(CCNC(=O)C(C)n2cccn2)cs1. The van der Waals surface area contributed by atoms with Gasteiger partial charge in [-0.15, -0.1) is 11.3 Å². The first-order valence-electron chi connectivity index (χ1n) is 5.84. The van der Waals surface area contributed by atoms with Gasteiger partial charge in [-0.3, -0.25) is 9.48 Å². The summed E-state index contributed by atoms with van der Waals surface area (Å²) in [7, 11) is 0. The first-order chi connectivity index (χ1) is 8.66. The molecule has 0 saturated carbocycles. The van der Waals surface area contributed by atoms with E-state index in [0.29, 0.717) is 6.54 Å². The quantitative estimate of drug-likeness (QED) is 0.891. The fourth-order valence-corrected chi connectivity index (χ4v) is 2.26. The predicted octanol–water partition coefficient (Wildman–Crippen LogP) is 1.57. The Morgan fingerprint density at radius 1 is 1.61 bits per heavy atom. The Bertz CT molecular complexity index is 506. The molecule has 1 amide bonds. The molecule has 0 aromatic carbocycles. The van der Waals surface area contributed by atoms with Crippen LogP contribution < -0.4 is 5.32 Å². The van der Waals surface area contributed by atoms with Gasteiger partial charge in [0.05, 0.1) is 10.7 Å². The van der Waals surface area contributed by atoms with Gasteiger partial charge in [0.1, 0.15) is 6.04 Å². The van der Waals surface area contributed by atoms with E-state index in [1.165, 1.54) is 0 Å². The molecule has 0 fully saturated rings. The zero-order valence-corrected chi connectivity index (χ0v) is 11.3. The summed E-state index contributed by atoms with van der Waals surface area (Å²) in [5, 5.41) is 10.0. The van der Waals surface area contributed by atoms with E-state index in [9.17, 15) is 4.79 Å². The number of rotatable bonds is 5. The lowest BCUT2D eigenvalue weighted by Crippen LogP contribution is -2.32. The van der Waals surface area contributed by atoms with Crippen molar-refractivity contribution in [2.24, 2.45) is 0 Å². The van der Waals surface area contributed by atoms with E-state index in [-0.39, 0.29) is 11.9 Å². The number of hydrogen-bond donors (Lipinski definition) is 1. The van der Waals surface area contributed by atoms with Crippen molar-refractivity contribution >= 4 is 17.2 Å². The molecule has 96 valence electrons. The standard InChI is InChI=1S/C12H16N4OS/c1-9(16-7-3-5-14-16)12(17)13-6-4-11-8-18-10(2)15-11/h3,5,7-9H,4,6H2,1-2H3,(H,13,17). The van der Waals surface area contributed by atoms with E-state index in [0.717, 1.165) is 17.1 Å². The Balaban J connectivity index is 1.78. The van der Waals surface area contributed by atoms with Gasteiger partial charge >= 0.3 is 0 Å². The van der Waals surface area contributed by atoms with Crippen LogP contribution in [-0.4, -0.2) is 27.2 Å². The summed E-state index contributed by atoms with van der Waals surface area (Å²) in [6, 6.07) is 1.53. The summed E-state index contributed by atoms with van der Waals surface area (Å²) in [5.74, 6) is -0.0225. The second-order valence-corrected chi connectivity index (χ2v) is 5.12. The predicted molar refractivity (Wildman–Crippen MR) is 70.5 cm³/mol. The minimum absolute atomic E-state index is 0.0225. The number of nitrogens with zero attached hydrogens (tertiary/aromatic N) is 3. The number of carbonyl (C=O) groups excluding carboxylic acids is 1. The minimum atomic E-state index is -0.280.